The molecule has 0 spiro atoms. The van der Waals surface area contributed by atoms with Crippen LogP contribution in [0.15, 0.2) is 0 Å². The zero-order chi connectivity index (χ0) is 10.6. The predicted octanol–water partition coefficient (Wildman–Crippen LogP) is 2.41. The zero-order valence-corrected chi connectivity index (χ0v) is 9.87. The van der Waals surface area contributed by atoms with Crippen LogP contribution in [0, 0.1) is 0 Å². The van der Waals surface area contributed by atoms with Gasteiger partial charge in [0, 0.05) is 12.1 Å². The number of hydrogen-bond acceptors (Lipinski definition) is 2. The molecule has 3 unspecified atom stereocenters. The van der Waals surface area contributed by atoms with Crippen molar-refractivity contribution in [1.29, 1.82) is 0 Å². The molecule has 0 heterocycles. The Hall–Kier alpha value is -0.0800. The zero-order valence-electron chi connectivity index (χ0n) is 9.87. The van der Waals surface area contributed by atoms with Crippen molar-refractivity contribution in [2.75, 3.05) is 7.05 Å². The van der Waals surface area contributed by atoms with Crippen LogP contribution in [-0.2, 0) is 0 Å². The topological polar surface area (TPSA) is 23.5 Å². The van der Waals surface area contributed by atoms with E-state index in [1.165, 1.54) is 32.1 Å². The van der Waals surface area contributed by atoms with Gasteiger partial charge in [-0.25, -0.2) is 0 Å². The molecule has 0 aromatic heterocycles. The maximum atomic E-state index is 9.91. The number of hydrogen-bond donors (Lipinski definition) is 1. The highest BCUT2D eigenvalue weighted by Crippen LogP contribution is 2.24. The van der Waals surface area contributed by atoms with Crippen LogP contribution in [0.3, 0.4) is 0 Å². The summed E-state index contributed by atoms with van der Waals surface area (Å²) in [5, 5.41) is 9.91. The summed E-state index contributed by atoms with van der Waals surface area (Å²) in [7, 11) is 2.17. The Morgan fingerprint density at radius 1 is 1.36 bits per heavy atom. The van der Waals surface area contributed by atoms with Crippen LogP contribution < -0.4 is 0 Å². The van der Waals surface area contributed by atoms with Gasteiger partial charge < -0.3 is 5.11 Å². The first-order valence-corrected chi connectivity index (χ1v) is 6.06. The lowest BCUT2D eigenvalue weighted by Gasteiger charge is -2.38. The van der Waals surface area contributed by atoms with Crippen LogP contribution in [0.1, 0.15) is 52.4 Å². The second-order valence-electron chi connectivity index (χ2n) is 4.72. The summed E-state index contributed by atoms with van der Waals surface area (Å²) in [5.74, 6) is 0. The Morgan fingerprint density at radius 3 is 2.57 bits per heavy atom. The Balaban J connectivity index is 2.44. The first-order chi connectivity index (χ1) is 6.66. The van der Waals surface area contributed by atoms with Crippen LogP contribution in [-0.4, -0.2) is 35.2 Å². The van der Waals surface area contributed by atoms with Crippen LogP contribution >= 0.6 is 0 Å². The molecule has 0 radical (unpaired) electrons. The molecular formula is C12H25NO. The Labute approximate surface area is 88.3 Å². The van der Waals surface area contributed by atoms with Crippen molar-refractivity contribution in [2.45, 2.75) is 70.6 Å². The standard InChI is InChI=1S/C12H25NO/c1-4-7-10(2)13(3)11-8-5-6-9-12(11)14/h10-12,14H,4-9H2,1-3H3. The molecule has 1 aliphatic carbocycles. The Morgan fingerprint density at radius 2 is 2.00 bits per heavy atom. The SMILES string of the molecule is CCCC(C)N(C)C1CCCCC1O. The normalized spacial score (nSPS) is 30.6. The van der Waals surface area contributed by atoms with Crippen LogP contribution in [0.25, 0.3) is 0 Å². The van der Waals surface area contributed by atoms with E-state index in [0.717, 1.165) is 6.42 Å². The van der Waals surface area contributed by atoms with Crippen LogP contribution in [0.5, 0.6) is 0 Å². The minimum absolute atomic E-state index is 0.0898. The first kappa shape index (κ1) is 12.0. The van der Waals surface area contributed by atoms with E-state index < -0.39 is 0 Å². The van der Waals surface area contributed by atoms with Crippen molar-refractivity contribution in [3.05, 3.63) is 0 Å². The third kappa shape index (κ3) is 2.96. The van der Waals surface area contributed by atoms with Crippen molar-refractivity contribution >= 4 is 0 Å². The smallest absolute Gasteiger partial charge is 0.0695 e. The van der Waals surface area contributed by atoms with Crippen molar-refractivity contribution in [3.8, 4) is 0 Å². The summed E-state index contributed by atoms with van der Waals surface area (Å²) in [6.07, 6.45) is 7.03. The number of aliphatic hydroxyl groups is 1. The molecule has 1 saturated carbocycles. The maximum absolute atomic E-state index is 9.91. The van der Waals surface area contributed by atoms with E-state index in [1.807, 2.05) is 0 Å². The molecular weight excluding hydrogens is 174 g/mol. The molecule has 2 nitrogen and oxygen atoms in total. The second kappa shape index (κ2) is 5.72. The number of nitrogens with zero attached hydrogens (tertiary/aromatic N) is 1. The third-order valence-corrected chi connectivity index (χ3v) is 3.62. The monoisotopic (exact) mass is 199 g/mol. The van der Waals surface area contributed by atoms with Gasteiger partial charge in [0.05, 0.1) is 6.10 Å². The van der Waals surface area contributed by atoms with Crippen molar-refractivity contribution < 1.29 is 5.11 Å². The molecule has 1 aliphatic rings. The molecule has 3 atom stereocenters. The van der Waals surface area contributed by atoms with E-state index in [1.54, 1.807) is 0 Å². The molecule has 1 N–H and O–H groups in total. The van der Waals surface area contributed by atoms with Gasteiger partial charge in [-0.05, 0) is 33.2 Å². The van der Waals surface area contributed by atoms with E-state index >= 15 is 0 Å². The summed E-state index contributed by atoms with van der Waals surface area (Å²) in [6.45, 7) is 4.49. The fraction of sp³-hybridized carbons (Fsp3) is 1.00. The highest BCUT2D eigenvalue weighted by molar-refractivity contribution is 4.83. The van der Waals surface area contributed by atoms with E-state index in [0.29, 0.717) is 12.1 Å². The summed E-state index contributed by atoms with van der Waals surface area (Å²) in [4.78, 5) is 2.38. The first-order valence-electron chi connectivity index (χ1n) is 6.06. The molecule has 0 aromatic rings. The molecule has 0 aliphatic heterocycles. The number of aliphatic hydroxyl groups excluding tert-OH is 1. The summed E-state index contributed by atoms with van der Waals surface area (Å²) < 4.78 is 0. The lowest BCUT2D eigenvalue weighted by atomic mass is 9.90. The van der Waals surface area contributed by atoms with E-state index in [4.69, 9.17) is 0 Å². The molecule has 0 aromatic carbocycles. The molecule has 0 amide bonds. The molecule has 1 rings (SSSR count). The van der Waals surface area contributed by atoms with Crippen molar-refractivity contribution in [2.24, 2.45) is 0 Å². The van der Waals surface area contributed by atoms with E-state index in [-0.39, 0.29) is 6.10 Å². The molecule has 1 fully saturated rings. The van der Waals surface area contributed by atoms with Crippen molar-refractivity contribution in [1.82, 2.24) is 4.90 Å². The van der Waals surface area contributed by atoms with Gasteiger partial charge in [-0.2, -0.15) is 0 Å². The Kier molecular flexibility index (Phi) is 4.90. The second-order valence-corrected chi connectivity index (χ2v) is 4.72. The molecule has 0 bridgehead atoms. The lowest BCUT2D eigenvalue weighted by molar-refractivity contribution is 0.0143. The van der Waals surface area contributed by atoms with Crippen LogP contribution in [0.2, 0.25) is 0 Å². The molecule has 84 valence electrons. The Bertz CT molecular complexity index is 160. The van der Waals surface area contributed by atoms with E-state index in [2.05, 4.69) is 25.8 Å². The predicted molar refractivity (Wildman–Crippen MR) is 60.4 cm³/mol. The van der Waals surface area contributed by atoms with Gasteiger partial charge in [-0.1, -0.05) is 26.2 Å². The molecule has 0 saturated heterocycles. The van der Waals surface area contributed by atoms with Crippen molar-refractivity contribution in [3.63, 3.8) is 0 Å². The third-order valence-electron chi connectivity index (χ3n) is 3.62. The van der Waals surface area contributed by atoms with Gasteiger partial charge in [-0.3, -0.25) is 4.90 Å². The fourth-order valence-corrected chi connectivity index (χ4v) is 2.52. The van der Waals surface area contributed by atoms with Gasteiger partial charge in [-0.15, -0.1) is 0 Å². The van der Waals surface area contributed by atoms with Gasteiger partial charge in [0.2, 0.25) is 0 Å². The average Bonchev–Trinajstić information content (AvgIpc) is 2.18. The summed E-state index contributed by atoms with van der Waals surface area (Å²) in [6, 6.07) is 1.02. The fourth-order valence-electron chi connectivity index (χ4n) is 2.52. The molecule has 2 heteroatoms. The maximum Gasteiger partial charge on any atom is 0.0695 e. The van der Waals surface area contributed by atoms with Gasteiger partial charge in [0.1, 0.15) is 0 Å². The minimum Gasteiger partial charge on any atom is -0.391 e. The minimum atomic E-state index is -0.0898. The number of rotatable bonds is 4. The lowest BCUT2D eigenvalue weighted by Crippen LogP contribution is -2.47. The van der Waals surface area contributed by atoms with Crippen LogP contribution in [0.4, 0.5) is 0 Å². The van der Waals surface area contributed by atoms with Gasteiger partial charge >= 0.3 is 0 Å². The molecule has 14 heavy (non-hydrogen) atoms. The van der Waals surface area contributed by atoms with E-state index in [9.17, 15) is 5.11 Å². The summed E-state index contributed by atoms with van der Waals surface area (Å²) in [5.41, 5.74) is 0. The average molecular weight is 199 g/mol. The highest BCUT2D eigenvalue weighted by atomic mass is 16.3. The highest BCUT2D eigenvalue weighted by Gasteiger charge is 2.28. The number of likely N-dealkylation sites (N-methyl/N-ethyl adjacent to an activating group) is 1. The van der Waals surface area contributed by atoms with Gasteiger partial charge in [0.15, 0.2) is 0 Å². The largest absolute Gasteiger partial charge is 0.391 e. The summed E-state index contributed by atoms with van der Waals surface area (Å²) >= 11 is 0. The quantitative estimate of drug-likeness (QED) is 0.751. The van der Waals surface area contributed by atoms with Gasteiger partial charge in [0.25, 0.3) is 0 Å².